The van der Waals surface area contributed by atoms with Gasteiger partial charge in [-0.3, -0.25) is 14.5 Å². The zero-order valence-corrected chi connectivity index (χ0v) is 16.0. The van der Waals surface area contributed by atoms with E-state index in [0.29, 0.717) is 13.1 Å². The zero-order valence-electron chi connectivity index (χ0n) is 14.4. The molecule has 2 aromatic rings. The maximum absolute atomic E-state index is 12.1. The molecule has 5 nitrogen and oxygen atoms in total. The molecule has 2 aromatic carbocycles. The van der Waals surface area contributed by atoms with Crippen LogP contribution in [0.1, 0.15) is 18.1 Å². The Morgan fingerprint density at radius 1 is 1.12 bits per heavy atom. The van der Waals surface area contributed by atoms with E-state index < -0.39 is 0 Å². The van der Waals surface area contributed by atoms with Crippen LogP contribution in [0.3, 0.4) is 0 Å². The minimum atomic E-state index is -0.119. The van der Waals surface area contributed by atoms with Crippen LogP contribution in [0.25, 0.3) is 0 Å². The summed E-state index contributed by atoms with van der Waals surface area (Å²) in [6.45, 7) is 2.82. The monoisotopic (exact) mass is 403 g/mol. The molecule has 0 aliphatic rings. The van der Waals surface area contributed by atoms with E-state index in [2.05, 4.69) is 26.6 Å². The Hall–Kier alpha value is -2.18. The zero-order chi connectivity index (χ0) is 18.2. The first-order chi connectivity index (χ1) is 11.9. The molecular weight excluding hydrogens is 382 g/mol. The molecule has 0 bridgehead atoms. The normalized spacial score (nSPS) is 10.6. The third-order valence-electron chi connectivity index (χ3n) is 3.56. The fraction of sp³-hybridized carbons (Fsp3) is 0.263. The van der Waals surface area contributed by atoms with Gasteiger partial charge in [-0.2, -0.15) is 0 Å². The average Bonchev–Trinajstić information content (AvgIpc) is 2.56. The summed E-state index contributed by atoms with van der Waals surface area (Å²) in [6.07, 6.45) is 0. The summed E-state index contributed by atoms with van der Waals surface area (Å²) in [5.41, 5.74) is 2.77. The quantitative estimate of drug-likeness (QED) is 0.746. The molecule has 132 valence electrons. The van der Waals surface area contributed by atoms with Gasteiger partial charge < -0.3 is 10.6 Å². The van der Waals surface area contributed by atoms with Crippen LogP contribution in [-0.2, 0) is 22.7 Å². The lowest BCUT2D eigenvalue weighted by molar-refractivity contribution is -0.122. The Bertz CT molecular complexity index is 735. The Balaban J connectivity index is 1.91. The number of carbonyl (C=O) groups is 2. The van der Waals surface area contributed by atoms with Crippen LogP contribution in [0.5, 0.6) is 0 Å². The van der Waals surface area contributed by atoms with Gasteiger partial charge in [-0.1, -0.05) is 46.3 Å². The largest absolute Gasteiger partial charge is 0.351 e. The molecule has 0 fully saturated rings. The summed E-state index contributed by atoms with van der Waals surface area (Å²) >= 11 is 3.44. The standard InChI is InChI=1S/C19H22BrN3O2/c1-14(24)22-18-9-8-17(20)10-16(18)12-23(2)13-19(25)21-11-15-6-4-3-5-7-15/h3-10H,11-13H2,1-2H3,(H,21,25)(H,22,24). The highest BCUT2D eigenvalue weighted by Crippen LogP contribution is 2.22. The first-order valence-electron chi connectivity index (χ1n) is 7.99. The second-order valence-electron chi connectivity index (χ2n) is 5.92. The fourth-order valence-electron chi connectivity index (χ4n) is 2.45. The Morgan fingerprint density at radius 3 is 2.52 bits per heavy atom. The van der Waals surface area contributed by atoms with Crippen molar-refractivity contribution in [2.75, 3.05) is 18.9 Å². The van der Waals surface area contributed by atoms with Gasteiger partial charge in [0.1, 0.15) is 0 Å². The van der Waals surface area contributed by atoms with E-state index in [1.807, 2.05) is 60.5 Å². The number of likely N-dealkylation sites (N-methyl/N-ethyl adjacent to an activating group) is 1. The molecule has 0 saturated heterocycles. The van der Waals surface area contributed by atoms with Crippen molar-refractivity contribution < 1.29 is 9.59 Å². The van der Waals surface area contributed by atoms with Gasteiger partial charge in [0.25, 0.3) is 0 Å². The van der Waals surface area contributed by atoms with Crippen LogP contribution in [0.2, 0.25) is 0 Å². The minimum Gasteiger partial charge on any atom is -0.351 e. The van der Waals surface area contributed by atoms with Crippen LogP contribution >= 0.6 is 15.9 Å². The summed E-state index contributed by atoms with van der Waals surface area (Å²) < 4.78 is 0.929. The van der Waals surface area contributed by atoms with E-state index >= 15 is 0 Å². The molecule has 0 saturated carbocycles. The first-order valence-corrected chi connectivity index (χ1v) is 8.78. The Kier molecular flexibility index (Phi) is 7.16. The van der Waals surface area contributed by atoms with Crippen LogP contribution < -0.4 is 10.6 Å². The molecule has 0 aromatic heterocycles. The number of halogens is 1. The topological polar surface area (TPSA) is 61.4 Å². The van der Waals surface area contributed by atoms with Crippen LogP contribution in [0.15, 0.2) is 53.0 Å². The van der Waals surface area contributed by atoms with Crippen molar-refractivity contribution in [1.29, 1.82) is 0 Å². The lowest BCUT2D eigenvalue weighted by Crippen LogP contribution is -2.34. The molecule has 0 heterocycles. The van der Waals surface area contributed by atoms with E-state index in [9.17, 15) is 9.59 Å². The molecule has 0 atom stereocenters. The molecule has 0 radical (unpaired) electrons. The smallest absolute Gasteiger partial charge is 0.234 e. The van der Waals surface area contributed by atoms with Gasteiger partial charge in [0.15, 0.2) is 0 Å². The number of benzene rings is 2. The second-order valence-corrected chi connectivity index (χ2v) is 6.83. The highest BCUT2D eigenvalue weighted by Gasteiger charge is 2.11. The van der Waals surface area contributed by atoms with Crippen LogP contribution in [0.4, 0.5) is 5.69 Å². The average molecular weight is 404 g/mol. The predicted molar refractivity (Wildman–Crippen MR) is 103 cm³/mol. The van der Waals surface area contributed by atoms with Gasteiger partial charge in [-0.15, -0.1) is 0 Å². The molecule has 25 heavy (non-hydrogen) atoms. The first kappa shape index (κ1) is 19.1. The van der Waals surface area contributed by atoms with E-state index in [1.54, 1.807) is 0 Å². The maximum Gasteiger partial charge on any atom is 0.234 e. The van der Waals surface area contributed by atoms with Crippen LogP contribution in [0, 0.1) is 0 Å². The van der Waals surface area contributed by atoms with E-state index in [4.69, 9.17) is 0 Å². The highest BCUT2D eigenvalue weighted by atomic mass is 79.9. The Labute approximate surface area is 156 Å². The number of anilines is 1. The number of rotatable bonds is 7. The number of carbonyl (C=O) groups excluding carboxylic acids is 2. The molecule has 0 aliphatic carbocycles. The minimum absolute atomic E-state index is 0.0394. The van der Waals surface area contributed by atoms with Crippen molar-refractivity contribution in [2.45, 2.75) is 20.0 Å². The van der Waals surface area contributed by atoms with Gasteiger partial charge >= 0.3 is 0 Å². The molecule has 0 unspecified atom stereocenters. The van der Waals surface area contributed by atoms with Crippen molar-refractivity contribution >= 4 is 33.4 Å². The number of hydrogen-bond acceptors (Lipinski definition) is 3. The van der Waals surface area contributed by atoms with Crippen molar-refractivity contribution in [1.82, 2.24) is 10.2 Å². The van der Waals surface area contributed by atoms with Gasteiger partial charge in [0.2, 0.25) is 11.8 Å². The summed E-state index contributed by atoms with van der Waals surface area (Å²) in [6, 6.07) is 15.5. The molecule has 0 spiro atoms. The maximum atomic E-state index is 12.1. The highest BCUT2D eigenvalue weighted by molar-refractivity contribution is 9.10. The van der Waals surface area contributed by atoms with Crippen molar-refractivity contribution in [3.05, 3.63) is 64.1 Å². The number of amides is 2. The van der Waals surface area contributed by atoms with E-state index in [-0.39, 0.29) is 18.4 Å². The summed E-state index contributed by atoms with van der Waals surface area (Å²) in [5.74, 6) is -0.158. The van der Waals surface area contributed by atoms with Gasteiger partial charge in [-0.05, 0) is 36.4 Å². The molecule has 2 N–H and O–H groups in total. The lowest BCUT2D eigenvalue weighted by atomic mass is 10.1. The van der Waals surface area contributed by atoms with Gasteiger partial charge in [0.05, 0.1) is 6.54 Å². The predicted octanol–water partition coefficient (Wildman–Crippen LogP) is 3.16. The number of nitrogens with zero attached hydrogens (tertiary/aromatic N) is 1. The number of nitrogens with one attached hydrogen (secondary N) is 2. The third-order valence-corrected chi connectivity index (χ3v) is 4.06. The van der Waals surface area contributed by atoms with Gasteiger partial charge in [0, 0.05) is 30.2 Å². The SMILES string of the molecule is CC(=O)Nc1ccc(Br)cc1CN(C)CC(=O)NCc1ccccc1. The molecular formula is C19H22BrN3O2. The number of hydrogen-bond donors (Lipinski definition) is 2. The van der Waals surface area contributed by atoms with Crippen molar-refractivity contribution in [3.63, 3.8) is 0 Å². The Morgan fingerprint density at radius 2 is 1.84 bits per heavy atom. The third kappa shape index (κ3) is 6.68. The van der Waals surface area contributed by atoms with E-state index in [0.717, 1.165) is 21.3 Å². The summed E-state index contributed by atoms with van der Waals surface area (Å²) in [4.78, 5) is 25.4. The molecule has 2 rings (SSSR count). The molecule has 6 heteroatoms. The fourth-order valence-corrected chi connectivity index (χ4v) is 2.86. The summed E-state index contributed by atoms with van der Waals surface area (Å²) in [5, 5.41) is 5.73. The van der Waals surface area contributed by atoms with E-state index in [1.165, 1.54) is 6.92 Å². The van der Waals surface area contributed by atoms with Crippen molar-refractivity contribution in [2.24, 2.45) is 0 Å². The molecule has 0 aliphatic heterocycles. The van der Waals surface area contributed by atoms with Gasteiger partial charge in [-0.25, -0.2) is 0 Å². The van der Waals surface area contributed by atoms with Crippen LogP contribution in [-0.4, -0.2) is 30.3 Å². The summed E-state index contributed by atoms with van der Waals surface area (Å²) in [7, 11) is 1.88. The molecule has 2 amide bonds. The lowest BCUT2D eigenvalue weighted by Gasteiger charge is -2.19. The van der Waals surface area contributed by atoms with Crippen molar-refractivity contribution in [3.8, 4) is 0 Å². The second kappa shape index (κ2) is 9.34.